The molecule has 0 aliphatic heterocycles. The first-order valence-corrected chi connectivity index (χ1v) is 8.27. The molecule has 1 aromatic carbocycles. The molecule has 1 aliphatic carbocycles. The van der Waals surface area contributed by atoms with E-state index in [4.69, 9.17) is 15.7 Å². The Balaban J connectivity index is 1.78. The minimum Gasteiger partial charge on any atom is -0.340 e. The van der Waals surface area contributed by atoms with Crippen molar-refractivity contribution in [2.75, 3.05) is 5.32 Å². The first-order valence-electron chi connectivity index (χ1n) is 8.27. The maximum absolute atomic E-state index is 13.2. The third-order valence-electron chi connectivity index (χ3n) is 4.34. The number of fused-ring (bicyclic) bond motifs is 1. The van der Waals surface area contributed by atoms with E-state index < -0.39 is 0 Å². The van der Waals surface area contributed by atoms with Crippen LogP contribution in [-0.4, -0.2) is 21.0 Å². The summed E-state index contributed by atoms with van der Waals surface area (Å²) in [5.74, 6) is 1.09. The van der Waals surface area contributed by atoms with E-state index in [-0.39, 0.29) is 11.9 Å². The molecule has 25 heavy (non-hydrogen) atoms. The van der Waals surface area contributed by atoms with Crippen LogP contribution in [0.4, 0.5) is 15.9 Å². The number of anilines is 2. The zero-order valence-corrected chi connectivity index (χ0v) is 13.6. The molecule has 3 aromatic rings. The molecular weight excluding hydrogens is 317 g/mol. The smallest absolute Gasteiger partial charge is 0.163 e. The highest BCUT2D eigenvalue weighted by atomic mass is 19.1. The number of halogens is 1. The maximum Gasteiger partial charge on any atom is 0.163 e. The van der Waals surface area contributed by atoms with Gasteiger partial charge in [0.05, 0.1) is 0 Å². The summed E-state index contributed by atoms with van der Waals surface area (Å²) >= 11 is 0. The lowest BCUT2D eigenvalue weighted by Crippen LogP contribution is -2.29. The SMILES string of the molecule is N[C@@H]1CCc2nc(-c3cccnc3)nc(Nc3ccc(F)cc3)c2C1. The second-order valence-corrected chi connectivity index (χ2v) is 6.20. The predicted molar refractivity (Wildman–Crippen MR) is 94.9 cm³/mol. The lowest BCUT2D eigenvalue weighted by molar-refractivity contribution is 0.566. The molecule has 0 bridgehead atoms. The number of hydrogen-bond acceptors (Lipinski definition) is 5. The van der Waals surface area contributed by atoms with E-state index in [1.54, 1.807) is 24.5 Å². The van der Waals surface area contributed by atoms with Gasteiger partial charge in [0.25, 0.3) is 0 Å². The summed E-state index contributed by atoms with van der Waals surface area (Å²) in [6.07, 6.45) is 5.93. The number of aromatic nitrogens is 3. The van der Waals surface area contributed by atoms with Crippen molar-refractivity contribution >= 4 is 11.5 Å². The Morgan fingerprint density at radius 2 is 1.96 bits per heavy atom. The van der Waals surface area contributed by atoms with Crippen LogP contribution in [0.15, 0.2) is 48.8 Å². The average molecular weight is 335 g/mol. The van der Waals surface area contributed by atoms with Crippen molar-refractivity contribution in [3.63, 3.8) is 0 Å². The third kappa shape index (κ3) is 3.34. The van der Waals surface area contributed by atoms with Crippen LogP contribution in [0.2, 0.25) is 0 Å². The Bertz CT molecular complexity index is 880. The summed E-state index contributed by atoms with van der Waals surface area (Å²) in [6, 6.07) is 10.1. The van der Waals surface area contributed by atoms with Gasteiger partial charge >= 0.3 is 0 Å². The predicted octanol–water partition coefficient (Wildman–Crippen LogP) is 3.24. The summed E-state index contributed by atoms with van der Waals surface area (Å²) in [7, 11) is 0. The lowest BCUT2D eigenvalue weighted by atomic mass is 9.92. The van der Waals surface area contributed by atoms with Crippen molar-refractivity contribution in [2.24, 2.45) is 5.73 Å². The van der Waals surface area contributed by atoms with Crippen LogP contribution in [0.3, 0.4) is 0 Å². The highest BCUT2D eigenvalue weighted by Crippen LogP contribution is 2.30. The maximum atomic E-state index is 13.2. The fourth-order valence-electron chi connectivity index (χ4n) is 3.04. The molecule has 6 heteroatoms. The van der Waals surface area contributed by atoms with Gasteiger partial charge in [0.2, 0.25) is 0 Å². The van der Waals surface area contributed by atoms with Crippen molar-refractivity contribution in [2.45, 2.75) is 25.3 Å². The second-order valence-electron chi connectivity index (χ2n) is 6.20. The van der Waals surface area contributed by atoms with Crippen LogP contribution in [0.25, 0.3) is 11.4 Å². The Morgan fingerprint density at radius 1 is 1.12 bits per heavy atom. The number of rotatable bonds is 3. The van der Waals surface area contributed by atoms with Crippen molar-refractivity contribution < 1.29 is 4.39 Å². The highest BCUT2D eigenvalue weighted by Gasteiger charge is 2.22. The fourth-order valence-corrected chi connectivity index (χ4v) is 3.04. The van der Waals surface area contributed by atoms with Crippen LogP contribution >= 0.6 is 0 Å². The zero-order chi connectivity index (χ0) is 17.2. The molecule has 0 fully saturated rings. The summed E-state index contributed by atoms with van der Waals surface area (Å²) < 4.78 is 13.2. The molecule has 5 nitrogen and oxygen atoms in total. The normalized spacial score (nSPS) is 16.3. The van der Waals surface area contributed by atoms with Crippen molar-refractivity contribution in [3.05, 3.63) is 65.9 Å². The molecule has 2 aromatic heterocycles. The standard InChI is InChI=1S/C19H18FN5/c20-13-3-6-15(7-4-13)23-19-16-10-14(21)5-8-17(16)24-18(25-19)12-2-1-9-22-11-12/h1-4,6-7,9,11,14H,5,8,10,21H2,(H,23,24,25)/t14-/m1/s1. The van der Waals surface area contributed by atoms with E-state index in [0.29, 0.717) is 5.82 Å². The molecule has 1 aliphatic rings. The number of benzene rings is 1. The monoisotopic (exact) mass is 335 g/mol. The molecule has 126 valence electrons. The van der Waals surface area contributed by atoms with Gasteiger partial charge in [-0.3, -0.25) is 4.98 Å². The second kappa shape index (κ2) is 6.57. The summed E-state index contributed by atoms with van der Waals surface area (Å²) in [5.41, 5.74) is 9.83. The first kappa shape index (κ1) is 15.7. The number of nitrogens with one attached hydrogen (secondary N) is 1. The van der Waals surface area contributed by atoms with Gasteiger partial charge in [0.15, 0.2) is 5.82 Å². The summed E-state index contributed by atoms with van der Waals surface area (Å²) in [6.45, 7) is 0. The molecule has 0 radical (unpaired) electrons. The number of nitrogens with two attached hydrogens (primary N) is 1. The van der Waals surface area contributed by atoms with Crippen molar-refractivity contribution in [1.82, 2.24) is 15.0 Å². The first-order chi connectivity index (χ1) is 12.2. The van der Waals surface area contributed by atoms with E-state index >= 15 is 0 Å². The molecule has 3 N–H and O–H groups in total. The molecule has 0 saturated carbocycles. The van der Waals surface area contributed by atoms with Crippen LogP contribution < -0.4 is 11.1 Å². The van der Waals surface area contributed by atoms with Crippen LogP contribution in [0, 0.1) is 5.82 Å². The summed E-state index contributed by atoms with van der Waals surface area (Å²) in [4.78, 5) is 13.6. The fraction of sp³-hybridized carbons (Fsp3) is 0.211. The van der Waals surface area contributed by atoms with E-state index in [0.717, 1.165) is 47.6 Å². The van der Waals surface area contributed by atoms with E-state index in [2.05, 4.69) is 10.3 Å². The van der Waals surface area contributed by atoms with E-state index in [1.165, 1.54) is 12.1 Å². The average Bonchev–Trinajstić information content (AvgIpc) is 2.64. The molecule has 0 amide bonds. The van der Waals surface area contributed by atoms with Gasteiger partial charge in [0, 0.05) is 40.9 Å². The quantitative estimate of drug-likeness (QED) is 0.768. The highest BCUT2D eigenvalue weighted by molar-refractivity contribution is 5.65. The Labute approximate surface area is 145 Å². The van der Waals surface area contributed by atoms with Gasteiger partial charge in [-0.1, -0.05) is 0 Å². The minimum atomic E-state index is -0.270. The molecule has 2 heterocycles. The Hall–Kier alpha value is -2.86. The van der Waals surface area contributed by atoms with Gasteiger partial charge < -0.3 is 11.1 Å². The van der Waals surface area contributed by atoms with Crippen LogP contribution in [0.5, 0.6) is 0 Å². The number of pyridine rings is 1. The molecule has 0 saturated heterocycles. The van der Waals surface area contributed by atoms with Gasteiger partial charge in [-0.05, 0) is 55.7 Å². The van der Waals surface area contributed by atoms with E-state index in [1.807, 2.05) is 12.1 Å². The Kier molecular flexibility index (Phi) is 4.11. The molecule has 0 spiro atoms. The largest absolute Gasteiger partial charge is 0.340 e. The van der Waals surface area contributed by atoms with Gasteiger partial charge in [0.1, 0.15) is 11.6 Å². The van der Waals surface area contributed by atoms with E-state index in [9.17, 15) is 4.39 Å². The van der Waals surface area contributed by atoms with Crippen molar-refractivity contribution in [3.8, 4) is 11.4 Å². The Morgan fingerprint density at radius 3 is 2.72 bits per heavy atom. The summed E-state index contributed by atoms with van der Waals surface area (Å²) in [5, 5.41) is 3.30. The topological polar surface area (TPSA) is 76.7 Å². The van der Waals surface area contributed by atoms with Gasteiger partial charge in [-0.15, -0.1) is 0 Å². The molecule has 0 unspecified atom stereocenters. The number of aryl methyl sites for hydroxylation is 1. The van der Waals surface area contributed by atoms with Crippen molar-refractivity contribution in [1.29, 1.82) is 0 Å². The minimum absolute atomic E-state index is 0.106. The number of nitrogens with zero attached hydrogens (tertiary/aromatic N) is 3. The van der Waals surface area contributed by atoms with Gasteiger partial charge in [-0.25, -0.2) is 14.4 Å². The van der Waals surface area contributed by atoms with Crippen LogP contribution in [0.1, 0.15) is 17.7 Å². The van der Waals surface area contributed by atoms with Gasteiger partial charge in [-0.2, -0.15) is 0 Å². The molecular formula is C19H18FN5. The molecule has 4 rings (SSSR count). The van der Waals surface area contributed by atoms with Crippen LogP contribution in [-0.2, 0) is 12.8 Å². The number of hydrogen-bond donors (Lipinski definition) is 2. The third-order valence-corrected chi connectivity index (χ3v) is 4.34. The zero-order valence-electron chi connectivity index (χ0n) is 13.6. The lowest BCUT2D eigenvalue weighted by Gasteiger charge is -2.24. The molecule has 1 atom stereocenters.